The van der Waals surface area contributed by atoms with Crippen molar-refractivity contribution in [2.45, 2.75) is 25.1 Å². The average molecular weight is 371 g/mol. The number of nitrogens with one attached hydrogen (secondary N) is 2. The minimum Gasteiger partial charge on any atom is -0.371 e. The van der Waals surface area contributed by atoms with Gasteiger partial charge in [0.25, 0.3) is 0 Å². The number of hydrogen-bond acceptors (Lipinski definition) is 5. The zero-order chi connectivity index (χ0) is 18.7. The lowest BCUT2D eigenvalue weighted by Crippen LogP contribution is -2.31. The number of rotatable bonds is 7. The summed E-state index contributed by atoms with van der Waals surface area (Å²) in [5.74, 6) is 0.130. The average Bonchev–Trinajstić information content (AvgIpc) is 3.09. The van der Waals surface area contributed by atoms with Crippen molar-refractivity contribution in [1.82, 2.24) is 15.0 Å². The van der Waals surface area contributed by atoms with Gasteiger partial charge < -0.3 is 19.8 Å². The second kappa shape index (κ2) is 7.76. The van der Waals surface area contributed by atoms with Gasteiger partial charge in [0, 0.05) is 36.8 Å². The Morgan fingerprint density at radius 2 is 2.04 bits per heavy atom. The van der Waals surface area contributed by atoms with Crippen molar-refractivity contribution in [3.63, 3.8) is 0 Å². The lowest BCUT2D eigenvalue weighted by molar-refractivity contribution is 0.563. The summed E-state index contributed by atoms with van der Waals surface area (Å²) in [5, 5.41) is 9.31. The summed E-state index contributed by atoms with van der Waals surface area (Å²) < 4.78 is 19.9. The fourth-order valence-corrected chi connectivity index (χ4v) is 3.34. The Bertz CT molecular complexity index is 938. The van der Waals surface area contributed by atoms with E-state index in [4.69, 9.17) is 9.96 Å². The molecule has 2 atom stereocenters. The van der Waals surface area contributed by atoms with Gasteiger partial charge in [0.1, 0.15) is 12.0 Å². The third-order valence-corrected chi connectivity index (χ3v) is 5.01. The van der Waals surface area contributed by atoms with Gasteiger partial charge >= 0.3 is 0 Å². The van der Waals surface area contributed by atoms with E-state index in [2.05, 4.69) is 26.8 Å². The molecule has 0 spiro atoms. The normalized spacial score (nSPS) is 13.5. The van der Waals surface area contributed by atoms with Crippen molar-refractivity contribution >= 4 is 33.5 Å². The first-order valence-corrected chi connectivity index (χ1v) is 9.48. The maximum absolute atomic E-state index is 10.9. The van der Waals surface area contributed by atoms with E-state index < -0.39 is 11.1 Å². The van der Waals surface area contributed by atoms with Crippen molar-refractivity contribution in [2.24, 2.45) is 0 Å². The van der Waals surface area contributed by atoms with Gasteiger partial charge in [-0.3, -0.25) is 0 Å². The monoisotopic (exact) mass is 371 g/mol. The number of benzene rings is 1. The number of fused-ring (bicyclic) bond motifs is 1. The summed E-state index contributed by atoms with van der Waals surface area (Å²) in [4.78, 5) is 13.6. The van der Waals surface area contributed by atoms with E-state index in [0.29, 0.717) is 17.8 Å². The van der Waals surface area contributed by atoms with E-state index in [-0.39, 0.29) is 11.8 Å². The Labute approximate surface area is 154 Å². The zero-order valence-corrected chi connectivity index (χ0v) is 15.5. The van der Waals surface area contributed by atoms with Crippen LogP contribution in [-0.2, 0) is 16.8 Å². The molecule has 0 aliphatic carbocycles. The number of anilines is 1. The van der Waals surface area contributed by atoms with Crippen LogP contribution in [-0.4, -0.2) is 42.5 Å². The van der Waals surface area contributed by atoms with Gasteiger partial charge in [-0.2, -0.15) is 0 Å². The molecule has 8 heteroatoms. The summed E-state index contributed by atoms with van der Waals surface area (Å²) in [6, 6.07) is 9.54. The maximum Gasteiger partial charge on any atom is 0.157 e. The van der Waals surface area contributed by atoms with E-state index in [0.717, 1.165) is 22.3 Å². The van der Waals surface area contributed by atoms with Crippen molar-refractivity contribution in [2.75, 3.05) is 11.9 Å². The van der Waals surface area contributed by atoms with Gasteiger partial charge in [0.05, 0.1) is 17.2 Å². The standard InChI is InChI=1S/C18H21N5O2S/c1-12(23(2)14-5-3-13(4-6-14)10-26(24)25)9-16(19)17-15-7-8-20-18(15)22-11-21-17/h3-8,11-12,19H,9-10H2,1-2H3,(H,24,25)(H,20,21,22)/t12-/m1/s1. The third-order valence-electron chi connectivity index (χ3n) is 4.43. The molecule has 3 N–H and O–H groups in total. The predicted octanol–water partition coefficient (Wildman–Crippen LogP) is 2.96. The van der Waals surface area contributed by atoms with Gasteiger partial charge in [0.2, 0.25) is 0 Å². The highest BCUT2D eigenvalue weighted by atomic mass is 32.2. The minimum atomic E-state index is -1.84. The van der Waals surface area contributed by atoms with Crippen molar-refractivity contribution in [3.8, 4) is 0 Å². The highest BCUT2D eigenvalue weighted by Gasteiger charge is 2.16. The van der Waals surface area contributed by atoms with Gasteiger partial charge in [-0.1, -0.05) is 12.1 Å². The summed E-state index contributed by atoms with van der Waals surface area (Å²) in [6.07, 6.45) is 3.81. The second-order valence-electron chi connectivity index (χ2n) is 6.24. The molecule has 2 heterocycles. The SMILES string of the molecule is C[C@H](CC(=N)c1ncnc2[nH]ccc12)N(C)c1ccc(CS(=O)O)cc1. The Morgan fingerprint density at radius 3 is 2.73 bits per heavy atom. The molecule has 3 rings (SSSR count). The van der Waals surface area contributed by atoms with Crippen LogP contribution >= 0.6 is 0 Å². The maximum atomic E-state index is 10.9. The first-order valence-electron chi connectivity index (χ1n) is 8.21. The fraction of sp³-hybridized carbons (Fsp3) is 0.278. The molecule has 1 aromatic carbocycles. The van der Waals surface area contributed by atoms with Crippen LogP contribution < -0.4 is 4.90 Å². The van der Waals surface area contributed by atoms with Crippen LogP contribution in [0.25, 0.3) is 11.0 Å². The molecular weight excluding hydrogens is 350 g/mol. The van der Waals surface area contributed by atoms with Crippen LogP contribution in [0.3, 0.4) is 0 Å². The van der Waals surface area contributed by atoms with Crippen LogP contribution in [0.4, 0.5) is 5.69 Å². The molecule has 7 nitrogen and oxygen atoms in total. The van der Waals surface area contributed by atoms with E-state index >= 15 is 0 Å². The summed E-state index contributed by atoms with van der Waals surface area (Å²) in [7, 11) is 1.98. The predicted molar refractivity (Wildman–Crippen MR) is 104 cm³/mol. The number of H-pyrrole nitrogens is 1. The van der Waals surface area contributed by atoms with Gasteiger partial charge in [-0.05, 0) is 30.7 Å². The van der Waals surface area contributed by atoms with E-state index in [1.165, 1.54) is 6.33 Å². The van der Waals surface area contributed by atoms with Crippen LogP contribution in [0, 0.1) is 5.41 Å². The first kappa shape index (κ1) is 18.2. The molecular formula is C18H21N5O2S. The summed E-state index contributed by atoms with van der Waals surface area (Å²) >= 11 is -1.84. The molecule has 2 aromatic heterocycles. The van der Waals surface area contributed by atoms with E-state index in [1.54, 1.807) is 6.20 Å². The number of aromatic amines is 1. The van der Waals surface area contributed by atoms with Crippen molar-refractivity contribution in [1.29, 1.82) is 5.41 Å². The fourth-order valence-electron chi connectivity index (χ4n) is 2.87. The summed E-state index contributed by atoms with van der Waals surface area (Å²) in [5.41, 5.74) is 3.66. The Kier molecular flexibility index (Phi) is 5.43. The Balaban J connectivity index is 1.70. The molecule has 0 aliphatic rings. The van der Waals surface area contributed by atoms with Crippen LogP contribution in [0.2, 0.25) is 0 Å². The lowest BCUT2D eigenvalue weighted by Gasteiger charge is -2.27. The second-order valence-corrected chi connectivity index (χ2v) is 7.17. The first-order chi connectivity index (χ1) is 12.5. The van der Waals surface area contributed by atoms with Crippen molar-refractivity contribution in [3.05, 3.63) is 54.1 Å². The van der Waals surface area contributed by atoms with Crippen LogP contribution in [0.15, 0.2) is 42.9 Å². The van der Waals surface area contributed by atoms with Gasteiger partial charge in [-0.15, -0.1) is 0 Å². The molecule has 0 bridgehead atoms. The lowest BCUT2D eigenvalue weighted by atomic mass is 10.0. The van der Waals surface area contributed by atoms with E-state index in [9.17, 15) is 4.21 Å². The molecule has 0 saturated heterocycles. The third kappa shape index (κ3) is 3.97. The highest BCUT2D eigenvalue weighted by Crippen LogP contribution is 2.21. The van der Waals surface area contributed by atoms with Crippen LogP contribution in [0.1, 0.15) is 24.6 Å². The van der Waals surface area contributed by atoms with Gasteiger partial charge in [-0.25, -0.2) is 14.2 Å². The topological polar surface area (TPSA) is 106 Å². The van der Waals surface area contributed by atoms with Crippen LogP contribution in [0.5, 0.6) is 0 Å². The molecule has 136 valence electrons. The number of hydrogen-bond donors (Lipinski definition) is 3. The number of aromatic nitrogens is 3. The smallest absolute Gasteiger partial charge is 0.157 e. The molecule has 0 radical (unpaired) electrons. The molecule has 3 aromatic rings. The summed E-state index contributed by atoms with van der Waals surface area (Å²) in [6.45, 7) is 2.06. The van der Waals surface area contributed by atoms with Crippen molar-refractivity contribution < 1.29 is 8.76 Å². The van der Waals surface area contributed by atoms with E-state index in [1.807, 2.05) is 37.4 Å². The number of nitrogens with zero attached hydrogens (tertiary/aromatic N) is 3. The Morgan fingerprint density at radius 1 is 1.31 bits per heavy atom. The molecule has 0 aliphatic heterocycles. The minimum absolute atomic E-state index is 0.0873. The quantitative estimate of drug-likeness (QED) is 0.437. The molecule has 26 heavy (non-hydrogen) atoms. The molecule has 0 amide bonds. The highest BCUT2D eigenvalue weighted by molar-refractivity contribution is 7.78. The molecule has 1 unspecified atom stereocenters. The molecule has 0 saturated carbocycles. The van der Waals surface area contributed by atoms with Gasteiger partial charge in [0.15, 0.2) is 11.1 Å². The Hall–Kier alpha value is -2.58. The zero-order valence-electron chi connectivity index (χ0n) is 14.6. The molecule has 0 fully saturated rings. The largest absolute Gasteiger partial charge is 0.371 e.